The van der Waals surface area contributed by atoms with Crippen LogP contribution in [0.4, 0.5) is 0 Å². The minimum atomic E-state index is 0.236. The Hall–Kier alpha value is -1.78. The molecule has 0 aromatic heterocycles. The van der Waals surface area contributed by atoms with Crippen LogP contribution in [0.25, 0.3) is 0 Å². The quantitative estimate of drug-likeness (QED) is 0.826. The molecule has 2 rings (SSSR count). The zero-order chi connectivity index (χ0) is 15.2. The molecule has 2 aromatic rings. The molecule has 2 aromatic carbocycles. The molecule has 0 unspecified atom stereocenters. The van der Waals surface area contributed by atoms with Gasteiger partial charge in [-0.1, -0.05) is 42.0 Å². The molecule has 110 valence electrons. The molecule has 0 saturated heterocycles. The van der Waals surface area contributed by atoms with Crippen LogP contribution in [0.15, 0.2) is 42.5 Å². The summed E-state index contributed by atoms with van der Waals surface area (Å²) in [7, 11) is 1.65. The molecular formula is C16H16ClNO2S. The molecule has 0 saturated carbocycles. The van der Waals surface area contributed by atoms with Crippen LogP contribution in [-0.4, -0.2) is 18.7 Å². The molecule has 0 fully saturated rings. The van der Waals surface area contributed by atoms with Crippen molar-refractivity contribution in [3.63, 3.8) is 0 Å². The van der Waals surface area contributed by atoms with Gasteiger partial charge < -0.3 is 15.2 Å². The summed E-state index contributed by atoms with van der Waals surface area (Å²) >= 11 is 11.1. The first-order valence-corrected chi connectivity index (χ1v) is 7.24. The van der Waals surface area contributed by atoms with E-state index in [0.29, 0.717) is 22.9 Å². The summed E-state index contributed by atoms with van der Waals surface area (Å²) in [4.78, 5) is 0.236. The third kappa shape index (κ3) is 4.09. The first kappa shape index (κ1) is 15.6. The van der Waals surface area contributed by atoms with Gasteiger partial charge in [-0.15, -0.1) is 0 Å². The number of hydrogen-bond donors (Lipinski definition) is 1. The van der Waals surface area contributed by atoms with Crippen LogP contribution in [0, 0.1) is 0 Å². The van der Waals surface area contributed by atoms with E-state index < -0.39 is 0 Å². The third-order valence-electron chi connectivity index (χ3n) is 3.03. The number of methoxy groups -OCH3 is 1. The first-order valence-electron chi connectivity index (χ1n) is 6.46. The first-order chi connectivity index (χ1) is 10.1. The van der Waals surface area contributed by atoms with Crippen molar-refractivity contribution in [3.8, 4) is 11.5 Å². The summed E-state index contributed by atoms with van der Waals surface area (Å²) in [6.07, 6.45) is 0.771. The van der Waals surface area contributed by atoms with Crippen molar-refractivity contribution in [2.75, 3.05) is 13.7 Å². The van der Waals surface area contributed by atoms with Crippen LogP contribution in [-0.2, 0) is 6.42 Å². The van der Waals surface area contributed by atoms with Crippen molar-refractivity contribution in [1.29, 1.82) is 0 Å². The maximum Gasteiger partial charge on any atom is 0.130 e. The van der Waals surface area contributed by atoms with Gasteiger partial charge in [0.15, 0.2) is 0 Å². The monoisotopic (exact) mass is 321 g/mol. The Bertz CT molecular complexity index is 629. The van der Waals surface area contributed by atoms with Gasteiger partial charge in [0, 0.05) is 6.42 Å². The summed E-state index contributed by atoms with van der Waals surface area (Å²) in [6.45, 7) is 0.516. The molecule has 3 nitrogen and oxygen atoms in total. The maximum atomic E-state index is 6.09. The summed E-state index contributed by atoms with van der Waals surface area (Å²) in [5, 5.41) is 0.504. The van der Waals surface area contributed by atoms with Gasteiger partial charge in [-0.25, -0.2) is 0 Å². The Labute approximate surface area is 134 Å². The molecule has 21 heavy (non-hydrogen) atoms. The molecule has 0 amide bonds. The van der Waals surface area contributed by atoms with E-state index in [9.17, 15) is 0 Å². The van der Waals surface area contributed by atoms with Gasteiger partial charge in [0.2, 0.25) is 0 Å². The van der Waals surface area contributed by atoms with E-state index in [-0.39, 0.29) is 4.99 Å². The lowest BCUT2D eigenvalue weighted by Gasteiger charge is -2.12. The van der Waals surface area contributed by atoms with E-state index in [1.807, 2.05) is 36.4 Å². The van der Waals surface area contributed by atoms with Gasteiger partial charge in [0.25, 0.3) is 0 Å². The van der Waals surface area contributed by atoms with E-state index in [2.05, 4.69) is 0 Å². The molecule has 2 N–H and O–H groups in total. The molecule has 0 aliphatic rings. The number of benzene rings is 2. The Kier molecular flexibility index (Phi) is 5.42. The maximum absolute atomic E-state index is 6.09. The number of rotatable bonds is 6. The second-order valence-electron chi connectivity index (χ2n) is 4.42. The Balaban J connectivity index is 2.00. The molecule has 0 aliphatic heterocycles. The molecule has 0 atom stereocenters. The van der Waals surface area contributed by atoms with Crippen LogP contribution < -0.4 is 15.2 Å². The van der Waals surface area contributed by atoms with Crippen LogP contribution >= 0.6 is 23.8 Å². The van der Waals surface area contributed by atoms with Crippen molar-refractivity contribution >= 4 is 28.8 Å². The largest absolute Gasteiger partial charge is 0.497 e. The van der Waals surface area contributed by atoms with Gasteiger partial charge in [-0.3, -0.25) is 0 Å². The van der Waals surface area contributed by atoms with Crippen LogP contribution in [0.1, 0.15) is 11.1 Å². The predicted molar refractivity (Wildman–Crippen MR) is 89.5 cm³/mol. The van der Waals surface area contributed by atoms with Crippen LogP contribution in [0.3, 0.4) is 0 Å². The standard InChI is InChI=1S/C16H16ClNO2S/c1-19-12-7-5-11(6-8-12)9-10-20-14-4-2-3-13(17)15(14)16(18)21/h2-8H,9-10H2,1H3,(H2,18,21). The number of thiocarbonyl (C=S) groups is 1. The minimum Gasteiger partial charge on any atom is -0.497 e. The van der Waals surface area contributed by atoms with E-state index in [1.54, 1.807) is 13.2 Å². The van der Waals surface area contributed by atoms with Crippen molar-refractivity contribution in [1.82, 2.24) is 0 Å². The topological polar surface area (TPSA) is 44.5 Å². The van der Waals surface area contributed by atoms with E-state index in [0.717, 1.165) is 17.7 Å². The number of hydrogen-bond acceptors (Lipinski definition) is 3. The fourth-order valence-corrected chi connectivity index (χ4v) is 2.47. The van der Waals surface area contributed by atoms with Crippen molar-refractivity contribution in [2.45, 2.75) is 6.42 Å². The molecular weight excluding hydrogens is 306 g/mol. The van der Waals surface area contributed by atoms with Crippen LogP contribution in [0.5, 0.6) is 11.5 Å². The second-order valence-corrected chi connectivity index (χ2v) is 5.27. The zero-order valence-electron chi connectivity index (χ0n) is 11.6. The SMILES string of the molecule is COc1ccc(CCOc2cccc(Cl)c2C(N)=S)cc1. The highest BCUT2D eigenvalue weighted by molar-refractivity contribution is 7.80. The van der Waals surface area contributed by atoms with E-state index in [4.69, 9.17) is 39.0 Å². The lowest BCUT2D eigenvalue weighted by molar-refractivity contribution is 0.321. The smallest absolute Gasteiger partial charge is 0.130 e. The summed E-state index contributed by atoms with van der Waals surface area (Å²) in [5.41, 5.74) is 7.43. The van der Waals surface area contributed by atoms with Gasteiger partial charge >= 0.3 is 0 Å². The van der Waals surface area contributed by atoms with Gasteiger partial charge in [-0.2, -0.15) is 0 Å². The number of ether oxygens (including phenoxy) is 2. The highest BCUT2D eigenvalue weighted by Gasteiger charge is 2.10. The number of halogens is 1. The fraction of sp³-hybridized carbons (Fsp3) is 0.188. The Morgan fingerprint density at radius 1 is 1.19 bits per heavy atom. The van der Waals surface area contributed by atoms with Crippen molar-refractivity contribution in [2.24, 2.45) is 5.73 Å². The van der Waals surface area contributed by atoms with Gasteiger partial charge in [0.1, 0.15) is 16.5 Å². The Morgan fingerprint density at radius 3 is 2.52 bits per heavy atom. The van der Waals surface area contributed by atoms with Gasteiger partial charge in [0.05, 0.1) is 24.3 Å². The summed E-state index contributed by atoms with van der Waals surface area (Å²) in [5.74, 6) is 1.45. The zero-order valence-corrected chi connectivity index (χ0v) is 13.2. The highest BCUT2D eigenvalue weighted by atomic mass is 35.5. The summed E-state index contributed by atoms with van der Waals surface area (Å²) < 4.78 is 10.9. The molecule has 0 spiro atoms. The molecule has 0 bridgehead atoms. The average Bonchev–Trinajstić information content (AvgIpc) is 2.47. The fourth-order valence-electron chi connectivity index (χ4n) is 1.93. The van der Waals surface area contributed by atoms with Crippen molar-refractivity contribution < 1.29 is 9.47 Å². The summed E-state index contributed by atoms with van der Waals surface area (Å²) in [6, 6.07) is 13.2. The predicted octanol–water partition coefficient (Wildman–Crippen LogP) is 3.60. The minimum absolute atomic E-state index is 0.236. The number of nitrogens with two attached hydrogens (primary N) is 1. The molecule has 0 radical (unpaired) electrons. The highest BCUT2D eigenvalue weighted by Crippen LogP contribution is 2.26. The Morgan fingerprint density at radius 2 is 1.90 bits per heavy atom. The second kappa shape index (κ2) is 7.29. The molecule has 0 aliphatic carbocycles. The lowest BCUT2D eigenvalue weighted by atomic mass is 10.1. The van der Waals surface area contributed by atoms with Crippen molar-refractivity contribution in [3.05, 3.63) is 58.6 Å². The molecule has 5 heteroatoms. The lowest BCUT2D eigenvalue weighted by Crippen LogP contribution is -2.13. The van der Waals surface area contributed by atoms with Crippen LogP contribution in [0.2, 0.25) is 5.02 Å². The average molecular weight is 322 g/mol. The van der Waals surface area contributed by atoms with E-state index >= 15 is 0 Å². The molecule has 0 heterocycles. The third-order valence-corrected chi connectivity index (χ3v) is 3.55. The van der Waals surface area contributed by atoms with Gasteiger partial charge in [-0.05, 0) is 29.8 Å². The normalized spacial score (nSPS) is 10.2. The van der Waals surface area contributed by atoms with E-state index in [1.165, 1.54) is 0 Å².